The molecule has 1 unspecified atom stereocenters. The minimum absolute atomic E-state index is 0.546. The number of hydrogen-bond donors (Lipinski definition) is 0. The van der Waals surface area contributed by atoms with E-state index in [-0.39, 0.29) is 0 Å². The molecule has 1 aliphatic carbocycles. The molecule has 0 fully saturated rings. The summed E-state index contributed by atoms with van der Waals surface area (Å²) in [6, 6.07) is 66.5. The van der Waals surface area contributed by atoms with Crippen molar-refractivity contribution in [1.82, 2.24) is 15.0 Å². The first-order valence-electron chi connectivity index (χ1n) is 18.3. The predicted molar refractivity (Wildman–Crippen MR) is 218 cm³/mol. The van der Waals surface area contributed by atoms with E-state index in [2.05, 4.69) is 115 Å². The number of rotatable bonds is 5. The van der Waals surface area contributed by atoms with Crippen LogP contribution in [-0.2, 0) is 5.41 Å². The average molecular weight is 690 g/mol. The molecule has 252 valence electrons. The average Bonchev–Trinajstić information content (AvgIpc) is 3.76. The highest BCUT2D eigenvalue weighted by Crippen LogP contribution is 2.57. The van der Waals surface area contributed by atoms with Crippen LogP contribution in [0.2, 0.25) is 0 Å². The molecule has 1 atom stereocenters. The van der Waals surface area contributed by atoms with Crippen LogP contribution in [0.5, 0.6) is 0 Å². The molecule has 8 aromatic carbocycles. The highest BCUT2D eigenvalue weighted by molar-refractivity contribution is 6.07. The summed E-state index contributed by atoms with van der Waals surface area (Å²) in [4.78, 5) is 15.0. The van der Waals surface area contributed by atoms with Crippen LogP contribution in [0.15, 0.2) is 192 Å². The minimum atomic E-state index is -0.546. The van der Waals surface area contributed by atoms with Gasteiger partial charge in [0.2, 0.25) is 0 Å². The number of furan rings is 1. The SMILES string of the molecule is c1ccc(-c2nc(-c3ccccc3)nc(-c3ccc4oc5ccc(C6(c7ccccc7)c7ccccc7-c7cc8ccccc8cc76)cc5c4c3)n2)cc1. The van der Waals surface area contributed by atoms with Crippen molar-refractivity contribution >= 4 is 32.7 Å². The Morgan fingerprint density at radius 1 is 0.352 bits per heavy atom. The van der Waals surface area contributed by atoms with Crippen molar-refractivity contribution in [2.24, 2.45) is 0 Å². The van der Waals surface area contributed by atoms with E-state index >= 15 is 0 Å². The molecule has 4 heteroatoms. The Bertz CT molecular complexity index is 2990. The van der Waals surface area contributed by atoms with Crippen molar-refractivity contribution in [2.75, 3.05) is 0 Å². The molecular weight excluding hydrogens is 659 g/mol. The summed E-state index contributed by atoms with van der Waals surface area (Å²) in [7, 11) is 0. The molecule has 0 radical (unpaired) electrons. The summed E-state index contributed by atoms with van der Waals surface area (Å²) < 4.78 is 6.53. The molecule has 11 rings (SSSR count). The van der Waals surface area contributed by atoms with Crippen LogP contribution in [0, 0.1) is 0 Å². The second-order valence-electron chi connectivity index (χ2n) is 14.0. The summed E-state index contributed by atoms with van der Waals surface area (Å²) in [6.07, 6.45) is 0. The zero-order valence-corrected chi connectivity index (χ0v) is 29.1. The van der Waals surface area contributed by atoms with Gasteiger partial charge in [-0.05, 0) is 86.6 Å². The van der Waals surface area contributed by atoms with E-state index in [9.17, 15) is 0 Å². The minimum Gasteiger partial charge on any atom is -0.456 e. The van der Waals surface area contributed by atoms with Crippen LogP contribution in [0.3, 0.4) is 0 Å². The standard InChI is InChI=1S/C50H31N3O/c1-4-14-32(15-5-1)47-51-48(33-16-6-2-7-17-33)53-49(52-47)36-24-26-45-41(29-36)42-31-38(25-27-46(42)54-45)50(37-20-8-3-9-21-37)43-23-13-12-22-39(43)40-28-34-18-10-11-19-35(34)30-44(40)50/h1-31H. The van der Waals surface area contributed by atoms with Crippen molar-refractivity contribution in [3.8, 4) is 45.3 Å². The topological polar surface area (TPSA) is 51.8 Å². The van der Waals surface area contributed by atoms with E-state index < -0.39 is 5.41 Å². The number of nitrogens with zero attached hydrogens (tertiary/aromatic N) is 3. The lowest BCUT2D eigenvalue weighted by atomic mass is 9.67. The number of benzene rings is 8. The molecule has 0 bridgehead atoms. The van der Waals surface area contributed by atoms with Crippen LogP contribution in [0.25, 0.3) is 78.0 Å². The normalized spacial score (nSPS) is 14.7. The summed E-state index contributed by atoms with van der Waals surface area (Å²) in [5, 5.41) is 4.53. The van der Waals surface area contributed by atoms with Crippen molar-refractivity contribution in [3.63, 3.8) is 0 Å². The number of aromatic nitrogens is 3. The Balaban J connectivity index is 1.15. The van der Waals surface area contributed by atoms with Gasteiger partial charge >= 0.3 is 0 Å². The molecule has 10 aromatic rings. The van der Waals surface area contributed by atoms with Crippen molar-refractivity contribution < 1.29 is 4.42 Å². The van der Waals surface area contributed by atoms with Crippen LogP contribution in [-0.4, -0.2) is 15.0 Å². The Morgan fingerprint density at radius 3 is 1.57 bits per heavy atom. The lowest BCUT2D eigenvalue weighted by Crippen LogP contribution is -2.28. The highest BCUT2D eigenvalue weighted by Gasteiger charge is 2.46. The fourth-order valence-corrected chi connectivity index (χ4v) is 8.53. The second kappa shape index (κ2) is 11.9. The van der Waals surface area contributed by atoms with Crippen LogP contribution >= 0.6 is 0 Å². The smallest absolute Gasteiger partial charge is 0.164 e. The molecule has 0 saturated heterocycles. The fourth-order valence-electron chi connectivity index (χ4n) is 8.53. The number of fused-ring (bicyclic) bond motifs is 7. The maximum atomic E-state index is 6.53. The van der Waals surface area contributed by atoms with Gasteiger partial charge in [0, 0.05) is 27.5 Å². The highest BCUT2D eigenvalue weighted by atomic mass is 16.3. The summed E-state index contributed by atoms with van der Waals surface area (Å²) in [6.45, 7) is 0. The van der Waals surface area contributed by atoms with Gasteiger partial charge in [0.05, 0.1) is 5.41 Å². The maximum Gasteiger partial charge on any atom is 0.164 e. The van der Waals surface area contributed by atoms with E-state index in [0.717, 1.165) is 38.6 Å². The van der Waals surface area contributed by atoms with Gasteiger partial charge in [-0.3, -0.25) is 0 Å². The molecular formula is C50H31N3O. The molecule has 2 aromatic heterocycles. The van der Waals surface area contributed by atoms with Crippen molar-refractivity contribution in [2.45, 2.75) is 5.41 Å². The summed E-state index contributed by atoms with van der Waals surface area (Å²) in [5.41, 5.74) is 11.4. The van der Waals surface area contributed by atoms with Gasteiger partial charge in [0.25, 0.3) is 0 Å². The molecule has 1 aliphatic rings. The number of hydrogen-bond acceptors (Lipinski definition) is 4. The zero-order valence-electron chi connectivity index (χ0n) is 29.1. The lowest BCUT2D eigenvalue weighted by molar-refractivity contribution is 0.668. The van der Waals surface area contributed by atoms with Gasteiger partial charge in [-0.2, -0.15) is 0 Å². The molecule has 54 heavy (non-hydrogen) atoms. The molecule has 2 heterocycles. The summed E-state index contributed by atoms with van der Waals surface area (Å²) >= 11 is 0. The van der Waals surface area contributed by atoms with Gasteiger partial charge in [-0.25, -0.2) is 15.0 Å². The van der Waals surface area contributed by atoms with E-state index in [1.165, 1.54) is 44.2 Å². The first-order valence-corrected chi connectivity index (χ1v) is 18.3. The van der Waals surface area contributed by atoms with E-state index in [4.69, 9.17) is 19.4 Å². The fraction of sp³-hybridized carbons (Fsp3) is 0.0200. The molecule has 0 aliphatic heterocycles. The van der Waals surface area contributed by atoms with E-state index in [1.54, 1.807) is 0 Å². The Kier molecular flexibility index (Phi) is 6.73. The van der Waals surface area contributed by atoms with Gasteiger partial charge in [-0.15, -0.1) is 0 Å². The maximum absolute atomic E-state index is 6.53. The quantitative estimate of drug-likeness (QED) is 0.180. The van der Waals surface area contributed by atoms with Gasteiger partial charge in [0.15, 0.2) is 17.5 Å². The first kappa shape index (κ1) is 30.5. The van der Waals surface area contributed by atoms with E-state index in [0.29, 0.717) is 17.5 Å². The Morgan fingerprint density at radius 2 is 0.889 bits per heavy atom. The van der Waals surface area contributed by atoms with Crippen LogP contribution < -0.4 is 0 Å². The summed E-state index contributed by atoms with van der Waals surface area (Å²) in [5.74, 6) is 1.88. The van der Waals surface area contributed by atoms with Gasteiger partial charge in [0.1, 0.15) is 11.2 Å². The molecule has 0 spiro atoms. The largest absolute Gasteiger partial charge is 0.456 e. The van der Waals surface area contributed by atoms with Crippen LogP contribution in [0.1, 0.15) is 22.3 Å². The third kappa shape index (κ3) is 4.60. The van der Waals surface area contributed by atoms with Gasteiger partial charge < -0.3 is 4.42 Å². The molecule has 0 N–H and O–H groups in total. The van der Waals surface area contributed by atoms with Crippen molar-refractivity contribution in [1.29, 1.82) is 0 Å². The monoisotopic (exact) mass is 689 g/mol. The zero-order chi connectivity index (χ0) is 35.6. The predicted octanol–water partition coefficient (Wildman–Crippen LogP) is 12.3. The third-order valence-corrected chi connectivity index (χ3v) is 11.0. The molecule has 0 amide bonds. The lowest BCUT2D eigenvalue weighted by Gasteiger charge is -2.34. The Labute approximate surface area is 312 Å². The molecule has 0 saturated carbocycles. The first-order chi connectivity index (χ1) is 26.7. The molecule has 4 nitrogen and oxygen atoms in total. The third-order valence-electron chi connectivity index (χ3n) is 11.0. The Hall–Kier alpha value is -7.17. The van der Waals surface area contributed by atoms with Gasteiger partial charge in [-0.1, -0.05) is 146 Å². The van der Waals surface area contributed by atoms with E-state index in [1.807, 2.05) is 72.8 Å². The second-order valence-corrected chi connectivity index (χ2v) is 14.0. The van der Waals surface area contributed by atoms with Crippen molar-refractivity contribution in [3.05, 3.63) is 210 Å². The van der Waals surface area contributed by atoms with Crippen LogP contribution in [0.4, 0.5) is 0 Å².